The molecule has 0 saturated carbocycles. The van der Waals surface area contributed by atoms with Crippen LogP contribution in [0.2, 0.25) is 0 Å². The number of unbranched alkanes of at least 4 members (excludes halogenated alkanes) is 1. The maximum atomic E-state index is 14.3. The Morgan fingerprint density at radius 2 is 1.82 bits per heavy atom. The van der Waals surface area contributed by atoms with Crippen molar-refractivity contribution in [3.63, 3.8) is 0 Å². The predicted molar refractivity (Wildman–Crippen MR) is 83.7 cm³/mol. The van der Waals surface area contributed by atoms with E-state index in [4.69, 9.17) is 4.74 Å². The molecule has 0 amide bonds. The molecule has 5 heteroatoms. The van der Waals surface area contributed by atoms with Gasteiger partial charge in [0.05, 0.1) is 6.61 Å². The molecule has 0 atom stereocenters. The number of hydrogen-bond donors (Lipinski definition) is 2. The molecule has 3 nitrogen and oxygen atoms in total. The zero-order valence-electron chi connectivity index (χ0n) is 12.5. The average molecular weight is 306 g/mol. The number of nitrogens with one attached hydrogen (secondary N) is 2. The van der Waals surface area contributed by atoms with Crippen molar-refractivity contribution < 1.29 is 13.5 Å². The van der Waals surface area contributed by atoms with E-state index in [2.05, 4.69) is 10.9 Å². The van der Waals surface area contributed by atoms with E-state index in [1.54, 1.807) is 0 Å². The number of ether oxygens (including phenoxy) is 1. The van der Waals surface area contributed by atoms with Gasteiger partial charge >= 0.3 is 0 Å². The Labute approximate surface area is 129 Å². The number of hydrazine groups is 1. The van der Waals surface area contributed by atoms with Crippen molar-refractivity contribution in [1.82, 2.24) is 5.43 Å². The zero-order valence-corrected chi connectivity index (χ0v) is 12.5. The Morgan fingerprint density at radius 3 is 2.55 bits per heavy atom. The highest BCUT2D eigenvalue weighted by atomic mass is 19.1. The summed E-state index contributed by atoms with van der Waals surface area (Å²) in [6.07, 6.45) is 1.79. The standard InChI is InChI=1S/C17H20F2N2O/c1-2-3-11-22-16-10-9-15(18)14(17(16)19)12-20-21-13-7-5-4-6-8-13/h4-10,20-21H,2-3,11-12H2,1H3. The van der Waals surface area contributed by atoms with Gasteiger partial charge in [-0.3, -0.25) is 0 Å². The second-order valence-corrected chi connectivity index (χ2v) is 4.88. The first kappa shape index (κ1) is 16.2. The first-order valence-corrected chi connectivity index (χ1v) is 7.36. The maximum absolute atomic E-state index is 14.3. The average Bonchev–Trinajstić information content (AvgIpc) is 2.54. The van der Waals surface area contributed by atoms with E-state index in [0.717, 1.165) is 18.5 Å². The number of para-hydroxylation sites is 1. The molecule has 0 aliphatic carbocycles. The number of benzene rings is 2. The number of halogens is 2. The van der Waals surface area contributed by atoms with Crippen LogP contribution in [0.4, 0.5) is 14.5 Å². The van der Waals surface area contributed by atoms with Gasteiger partial charge in [-0.15, -0.1) is 0 Å². The van der Waals surface area contributed by atoms with Crippen LogP contribution < -0.4 is 15.6 Å². The molecule has 0 aliphatic rings. The largest absolute Gasteiger partial charge is 0.491 e. The molecule has 2 aromatic rings. The molecule has 0 unspecified atom stereocenters. The van der Waals surface area contributed by atoms with Crippen molar-refractivity contribution in [2.24, 2.45) is 0 Å². The minimum atomic E-state index is -0.654. The molecule has 0 fully saturated rings. The highest BCUT2D eigenvalue weighted by molar-refractivity contribution is 5.41. The molecule has 2 N–H and O–H groups in total. The van der Waals surface area contributed by atoms with Gasteiger partial charge in [0.1, 0.15) is 5.82 Å². The van der Waals surface area contributed by atoms with Crippen LogP contribution >= 0.6 is 0 Å². The minimum absolute atomic E-state index is 0.0114. The Kier molecular flexibility index (Phi) is 6.15. The van der Waals surface area contributed by atoms with Gasteiger partial charge in [0.2, 0.25) is 0 Å². The van der Waals surface area contributed by atoms with Crippen LogP contribution in [0.1, 0.15) is 25.3 Å². The SMILES string of the molecule is CCCCOc1ccc(F)c(CNNc2ccccc2)c1F. The fourth-order valence-electron chi connectivity index (χ4n) is 1.93. The lowest BCUT2D eigenvalue weighted by Gasteiger charge is -2.13. The van der Waals surface area contributed by atoms with Crippen molar-refractivity contribution >= 4 is 5.69 Å². The van der Waals surface area contributed by atoms with Gasteiger partial charge in [0, 0.05) is 17.8 Å². The topological polar surface area (TPSA) is 33.3 Å². The lowest BCUT2D eigenvalue weighted by molar-refractivity contribution is 0.291. The van der Waals surface area contributed by atoms with E-state index in [1.807, 2.05) is 37.3 Å². The van der Waals surface area contributed by atoms with Gasteiger partial charge in [-0.25, -0.2) is 14.2 Å². The Morgan fingerprint density at radius 1 is 1.05 bits per heavy atom. The van der Waals surface area contributed by atoms with Crippen molar-refractivity contribution in [2.75, 3.05) is 12.0 Å². The van der Waals surface area contributed by atoms with Crippen LogP contribution in [0.25, 0.3) is 0 Å². The summed E-state index contributed by atoms with van der Waals surface area (Å²) in [5.74, 6) is -1.16. The summed E-state index contributed by atoms with van der Waals surface area (Å²) in [7, 11) is 0. The summed E-state index contributed by atoms with van der Waals surface area (Å²) < 4.78 is 33.4. The Bertz CT molecular complexity index is 591. The van der Waals surface area contributed by atoms with Crippen molar-refractivity contribution in [1.29, 1.82) is 0 Å². The first-order chi connectivity index (χ1) is 10.7. The summed E-state index contributed by atoms with van der Waals surface area (Å²) in [5, 5.41) is 0. The third-order valence-electron chi connectivity index (χ3n) is 3.18. The highest BCUT2D eigenvalue weighted by Crippen LogP contribution is 2.23. The fourth-order valence-corrected chi connectivity index (χ4v) is 1.93. The summed E-state index contributed by atoms with van der Waals surface area (Å²) in [4.78, 5) is 0. The van der Waals surface area contributed by atoms with Crippen LogP contribution in [0.5, 0.6) is 5.75 Å². The quantitative estimate of drug-likeness (QED) is 0.565. The molecule has 118 valence electrons. The lowest BCUT2D eigenvalue weighted by Crippen LogP contribution is -2.22. The van der Waals surface area contributed by atoms with Gasteiger partial charge in [-0.1, -0.05) is 31.5 Å². The van der Waals surface area contributed by atoms with Gasteiger partial charge in [-0.2, -0.15) is 0 Å². The smallest absolute Gasteiger partial charge is 0.172 e. The summed E-state index contributed by atoms with van der Waals surface area (Å²) in [6.45, 7) is 2.46. The van der Waals surface area contributed by atoms with Crippen LogP contribution in [0.15, 0.2) is 42.5 Å². The fraction of sp³-hybridized carbons (Fsp3) is 0.294. The number of anilines is 1. The number of rotatable bonds is 8. The van der Waals surface area contributed by atoms with Crippen molar-refractivity contribution in [2.45, 2.75) is 26.3 Å². The molecule has 0 aromatic heterocycles. The van der Waals surface area contributed by atoms with Crippen LogP contribution in [-0.2, 0) is 6.54 Å². The second-order valence-electron chi connectivity index (χ2n) is 4.88. The maximum Gasteiger partial charge on any atom is 0.172 e. The molecule has 2 rings (SSSR count). The van der Waals surface area contributed by atoms with Gasteiger partial charge in [-0.05, 0) is 30.7 Å². The van der Waals surface area contributed by atoms with Crippen molar-refractivity contribution in [3.05, 3.63) is 59.7 Å². The normalized spacial score (nSPS) is 10.5. The highest BCUT2D eigenvalue weighted by Gasteiger charge is 2.14. The van der Waals surface area contributed by atoms with E-state index < -0.39 is 11.6 Å². The van der Waals surface area contributed by atoms with E-state index >= 15 is 0 Å². The summed E-state index contributed by atoms with van der Waals surface area (Å²) >= 11 is 0. The van der Waals surface area contributed by atoms with Gasteiger partial charge in [0.15, 0.2) is 11.6 Å². The Hall–Kier alpha value is -2.14. The zero-order chi connectivity index (χ0) is 15.8. The van der Waals surface area contributed by atoms with E-state index in [-0.39, 0.29) is 17.9 Å². The van der Waals surface area contributed by atoms with Crippen molar-refractivity contribution in [3.8, 4) is 5.75 Å². The minimum Gasteiger partial charge on any atom is -0.491 e. The molecule has 2 aromatic carbocycles. The monoisotopic (exact) mass is 306 g/mol. The molecule has 0 spiro atoms. The van der Waals surface area contributed by atoms with Gasteiger partial charge < -0.3 is 10.2 Å². The first-order valence-electron chi connectivity index (χ1n) is 7.36. The lowest BCUT2D eigenvalue weighted by atomic mass is 10.2. The molecular weight excluding hydrogens is 286 g/mol. The van der Waals surface area contributed by atoms with Crippen LogP contribution in [0.3, 0.4) is 0 Å². The molecule has 0 radical (unpaired) electrons. The third kappa shape index (κ3) is 4.43. The molecule has 0 saturated heterocycles. The molecular formula is C17H20F2N2O. The third-order valence-corrected chi connectivity index (χ3v) is 3.18. The Balaban J connectivity index is 1.98. The van der Waals surface area contributed by atoms with E-state index in [0.29, 0.717) is 6.61 Å². The molecule has 0 bridgehead atoms. The van der Waals surface area contributed by atoms with E-state index in [9.17, 15) is 8.78 Å². The molecule has 0 aliphatic heterocycles. The second kappa shape index (κ2) is 8.34. The van der Waals surface area contributed by atoms with Crippen LogP contribution in [0, 0.1) is 11.6 Å². The van der Waals surface area contributed by atoms with E-state index in [1.165, 1.54) is 12.1 Å². The van der Waals surface area contributed by atoms with Gasteiger partial charge in [0.25, 0.3) is 0 Å². The molecule has 22 heavy (non-hydrogen) atoms. The predicted octanol–water partition coefficient (Wildman–Crippen LogP) is 4.26. The summed E-state index contributed by atoms with van der Waals surface area (Å²) in [5.41, 5.74) is 6.48. The molecule has 0 heterocycles. The number of hydrogen-bond acceptors (Lipinski definition) is 3. The summed E-state index contributed by atoms with van der Waals surface area (Å²) in [6, 6.07) is 11.9. The van der Waals surface area contributed by atoms with Crippen LogP contribution in [-0.4, -0.2) is 6.61 Å².